The average Bonchev–Trinajstić information content (AvgIpc) is 2.79. The van der Waals surface area contributed by atoms with E-state index in [-0.39, 0.29) is 5.54 Å². The second kappa shape index (κ2) is 6.01. The lowest BCUT2D eigenvalue weighted by molar-refractivity contribution is 0.142. The molecule has 1 fully saturated rings. The van der Waals surface area contributed by atoms with Crippen LogP contribution in [0.5, 0.6) is 0 Å². The predicted octanol–water partition coefficient (Wildman–Crippen LogP) is 1.84. The number of piperidine rings is 1. The summed E-state index contributed by atoms with van der Waals surface area (Å²) in [6, 6.07) is 0. The number of nitrogens with one attached hydrogen (secondary N) is 1. The van der Waals surface area contributed by atoms with Crippen LogP contribution in [-0.2, 0) is 13.0 Å². The lowest BCUT2D eigenvalue weighted by Crippen LogP contribution is -2.49. The molecule has 1 aromatic heterocycles. The van der Waals surface area contributed by atoms with Gasteiger partial charge in [-0.25, -0.2) is 0 Å². The maximum absolute atomic E-state index is 5.28. The summed E-state index contributed by atoms with van der Waals surface area (Å²) in [5, 5.41) is 7.49. The standard InChI is InChI=1S/C14H26N4O/c1-11(2)9-13-16-12(17-19-13)10-18-7-5-14(3,15-4)6-8-18/h11,15H,5-10H2,1-4H3. The molecule has 1 aliphatic heterocycles. The summed E-state index contributed by atoms with van der Waals surface area (Å²) in [5.41, 5.74) is 0.288. The van der Waals surface area contributed by atoms with E-state index in [9.17, 15) is 0 Å². The summed E-state index contributed by atoms with van der Waals surface area (Å²) in [6.45, 7) is 9.60. The maximum atomic E-state index is 5.28. The van der Waals surface area contributed by atoms with Crippen LogP contribution in [0.4, 0.5) is 0 Å². The van der Waals surface area contributed by atoms with Gasteiger partial charge in [-0.1, -0.05) is 19.0 Å². The molecule has 0 spiro atoms. The van der Waals surface area contributed by atoms with Gasteiger partial charge in [0.15, 0.2) is 5.82 Å². The quantitative estimate of drug-likeness (QED) is 0.881. The number of nitrogens with zero attached hydrogens (tertiary/aromatic N) is 3. The van der Waals surface area contributed by atoms with Crippen molar-refractivity contribution in [1.29, 1.82) is 0 Å². The Balaban J connectivity index is 1.84. The van der Waals surface area contributed by atoms with Gasteiger partial charge in [0.05, 0.1) is 6.54 Å². The second-order valence-corrected chi connectivity index (χ2v) is 6.29. The molecule has 5 heteroatoms. The Labute approximate surface area is 115 Å². The maximum Gasteiger partial charge on any atom is 0.226 e. The molecule has 0 amide bonds. The van der Waals surface area contributed by atoms with Crippen LogP contribution in [0.15, 0.2) is 4.52 Å². The van der Waals surface area contributed by atoms with Gasteiger partial charge in [0, 0.05) is 25.0 Å². The first kappa shape index (κ1) is 14.5. The highest BCUT2D eigenvalue weighted by atomic mass is 16.5. The van der Waals surface area contributed by atoms with E-state index in [1.165, 1.54) is 12.8 Å². The molecule has 2 rings (SSSR count). The number of hydrogen-bond acceptors (Lipinski definition) is 5. The summed E-state index contributed by atoms with van der Waals surface area (Å²) in [6.07, 6.45) is 3.20. The van der Waals surface area contributed by atoms with Crippen LogP contribution < -0.4 is 5.32 Å². The van der Waals surface area contributed by atoms with Gasteiger partial charge in [-0.05, 0) is 32.7 Å². The van der Waals surface area contributed by atoms with Gasteiger partial charge in [0.25, 0.3) is 0 Å². The Morgan fingerprint density at radius 1 is 1.37 bits per heavy atom. The molecule has 108 valence electrons. The van der Waals surface area contributed by atoms with Gasteiger partial charge in [-0.3, -0.25) is 4.90 Å². The van der Waals surface area contributed by atoms with Crippen molar-refractivity contribution >= 4 is 0 Å². The van der Waals surface area contributed by atoms with Gasteiger partial charge in [-0.15, -0.1) is 0 Å². The molecule has 0 aromatic carbocycles. The first-order valence-corrected chi connectivity index (χ1v) is 7.23. The fourth-order valence-corrected chi connectivity index (χ4v) is 2.44. The fraction of sp³-hybridized carbons (Fsp3) is 0.857. The molecule has 0 bridgehead atoms. The summed E-state index contributed by atoms with van der Waals surface area (Å²) < 4.78 is 5.28. The third kappa shape index (κ3) is 4.01. The zero-order chi connectivity index (χ0) is 13.9. The van der Waals surface area contributed by atoms with Gasteiger partial charge in [0.1, 0.15) is 0 Å². The van der Waals surface area contributed by atoms with Crippen molar-refractivity contribution < 1.29 is 4.52 Å². The molecule has 0 aliphatic carbocycles. The molecule has 1 saturated heterocycles. The Hall–Kier alpha value is -0.940. The van der Waals surface area contributed by atoms with E-state index in [1.807, 2.05) is 7.05 Å². The van der Waals surface area contributed by atoms with Crippen LogP contribution in [0.1, 0.15) is 45.3 Å². The zero-order valence-corrected chi connectivity index (χ0v) is 12.6. The molecule has 1 aliphatic rings. The van der Waals surface area contributed by atoms with Crippen LogP contribution in [0, 0.1) is 5.92 Å². The normalized spacial score (nSPS) is 20.1. The number of likely N-dealkylation sites (tertiary alicyclic amines) is 1. The van der Waals surface area contributed by atoms with Crippen LogP contribution in [0.2, 0.25) is 0 Å². The Bertz CT molecular complexity index is 394. The molecular formula is C14H26N4O. The summed E-state index contributed by atoms with van der Waals surface area (Å²) in [4.78, 5) is 6.87. The van der Waals surface area contributed by atoms with Crippen molar-refractivity contribution in [2.24, 2.45) is 5.92 Å². The molecule has 0 unspecified atom stereocenters. The lowest BCUT2D eigenvalue weighted by atomic mass is 9.90. The van der Waals surface area contributed by atoms with Gasteiger partial charge < -0.3 is 9.84 Å². The molecule has 0 radical (unpaired) electrons. The zero-order valence-electron chi connectivity index (χ0n) is 12.6. The molecule has 1 aromatic rings. The lowest BCUT2D eigenvalue weighted by Gasteiger charge is -2.38. The van der Waals surface area contributed by atoms with Crippen molar-refractivity contribution in [1.82, 2.24) is 20.4 Å². The SMILES string of the molecule is CNC1(C)CCN(Cc2noc(CC(C)C)n2)CC1. The van der Waals surface area contributed by atoms with Crippen molar-refractivity contribution in [3.05, 3.63) is 11.7 Å². The van der Waals surface area contributed by atoms with Crippen LogP contribution >= 0.6 is 0 Å². The molecular weight excluding hydrogens is 240 g/mol. The Kier molecular flexibility index (Phi) is 4.58. The third-order valence-electron chi connectivity index (χ3n) is 4.02. The minimum absolute atomic E-state index is 0.288. The molecule has 2 heterocycles. The van der Waals surface area contributed by atoms with E-state index in [0.29, 0.717) is 5.92 Å². The van der Waals surface area contributed by atoms with Crippen LogP contribution in [0.25, 0.3) is 0 Å². The van der Waals surface area contributed by atoms with E-state index >= 15 is 0 Å². The minimum Gasteiger partial charge on any atom is -0.339 e. The number of hydrogen-bond donors (Lipinski definition) is 1. The number of aromatic nitrogens is 2. The highest BCUT2D eigenvalue weighted by Gasteiger charge is 2.28. The Morgan fingerprint density at radius 3 is 2.63 bits per heavy atom. The highest BCUT2D eigenvalue weighted by Crippen LogP contribution is 2.22. The second-order valence-electron chi connectivity index (χ2n) is 6.29. The van der Waals surface area contributed by atoms with Crippen molar-refractivity contribution in [3.8, 4) is 0 Å². The topological polar surface area (TPSA) is 54.2 Å². The summed E-state index contributed by atoms with van der Waals surface area (Å²) in [5.74, 6) is 2.14. The van der Waals surface area contributed by atoms with Crippen molar-refractivity contribution in [2.45, 2.75) is 52.1 Å². The largest absolute Gasteiger partial charge is 0.339 e. The molecule has 19 heavy (non-hydrogen) atoms. The van der Waals surface area contributed by atoms with Crippen LogP contribution in [-0.4, -0.2) is 40.7 Å². The third-order valence-corrected chi connectivity index (χ3v) is 4.02. The molecule has 0 saturated carbocycles. The summed E-state index contributed by atoms with van der Waals surface area (Å²) in [7, 11) is 2.05. The molecule has 5 nitrogen and oxygen atoms in total. The van der Waals surface area contributed by atoms with Crippen molar-refractivity contribution in [2.75, 3.05) is 20.1 Å². The monoisotopic (exact) mass is 266 g/mol. The first-order chi connectivity index (χ1) is 9.00. The van der Waals surface area contributed by atoms with E-state index in [1.54, 1.807) is 0 Å². The Morgan fingerprint density at radius 2 is 2.05 bits per heavy atom. The fourth-order valence-electron chi connectivity index (χ4n) is 2.44. The molecule has 1 N–H and O–H groups in total. The number of rotatable bonds is 5. The average molecular weight is 266 g/mol. The van der Waals surface area contributed by atoms with Gasteiger partial charge in [0.2, 0.25) is 5.89 Å². The van der Waals surface area contributed by atoms with Gasteiger partial charge >= 0.3 is 0 Å². The van der Waals surface area contributed by atoms with Gasteiger partial charge in [-0.2, -0.15) is 4.98 Å². The van der Waals surface area contributed by atoms with E-state index in [2.05, 4.69) is 41.1 Å². The van der Waals surface area contributed by atoms with Crippen LogP contribution in [0.3, 0.4) is 0 Å². The summed E-state index contributed by atoms with van der Waals surface area (Å²) >= 11 is 0. The van der Waals surface area contributed by atoms with E-state index in [4.69, 9.17) is 4.52 Å². The minimum atomic E-state index is 0.288. The molecule has 0 atom stereocenters. The predicted molar refractivity (Wildman–Crippen MR) is 74.8 cm³/mol. The first-order valence-electron chi connectivity index (χ1n) is 7.23. The van der Waals surface area contributed by atoms with E-state index < -0.39 is 0 Å². The van der Waals surface area contributed by atoms with E-state index in [0.717, 1.165) is 37.8 Å². The highest BCUT2D eigenvalue weighted by molar-refractivity contribution is 4.92. The smallest absolute Gasteiger partial charge is 0.226 e. The van der Waals surface area contributed by atoms with Crippen molar-refractivity contribution in [3.63, 3.8) is 0 Å².